The summed E-state index contributed by atoms with van der Waals surface area (Å²) in [6, 6.07) is 12.9. The largest absolute Gasteiger partial charge is 0.497 e. The molecule has 8 nitrogen and oxygen atoms in total. The Balaban J connectivity index is 1.60. The van der Waals surface area contributed by atoms with Crippen LogP contribution >= 0.6 is 0 Å². The molecule has 1 fully saturated rings. The molecule has 0 bridgehead atoms. The molecule has 1 heterocycles. The van der Waals surface area contributed by atoms with Crippen molar-refractivity contribution < 1.29 is 14.3 Å². The monoisotopic (exact) mass is 365 g/mol. The maximum absolute atomic E-state index is 12.8. The summed E-state index contributed by atoms with van der Waals surface area (Å²) in [6.45, 7) is 0. The standard InChI is InChI=1S/C19H19N5O3/c1-26-15-8-9-17(27-2)16(11-15)19(25)20-13-5-3-4-12(10-13)18-21-22-23-24(18)14-6-7-14/h3-5,8-11,14H,6-7H2,1-2H3,(H,20,25). The van der Waals surface area contributed by atoms with Crippen LogP contribution in [-0.2, 0) is 0 Å². The van der Waals surface area contributed by atoms with Crippen LogP contribution in [0.25, 0.3) is 11.4 Å². The number of methoxy groups -OCH3 is 2. The number of amides is 1. The average Bonchev–Trinajstić information content (AvgIpc) is 3.43. The van der Waals surface area contributed by atoms with Crippen molar-refractivity contribution in [2.24, 2.45) is 0 Å². The summed E-state index contributed by atoms with van der Waals surface area (Å²) in [5, 5.41) is 14.9. The quantitative estimate of drug-likeness (QED) is 0.722. The Labute approximate surface area is 156 Å². The van der Waals surface area contributed by atoms with Gasteiger partial charge in [-0.25, -0.2) is 4.68 Å². The highest BCUT2D eigenvalue weighted by Gasteiger charge is 2.28. The van der Waals surface area contributed by atoms with Crippen molar-refractivity contribution in [1.82, 2.24) is 20.2 Å². The molecule has 3 aromatic rings. The summed E-state index contributed by atoms with van der Waals surface area (Å²) < 4.78 is 12.3. The van der Waals surface area contributed by atoms with Gasteiger partial charge in [0.2, 0.25) is 0 Å². The molecule has 1 aliphatic carbocycles. The molecule has 1 amide bonds. The van der Waals surface area contributed by atoms with Crippen LogP contribution in [0.1, 0.15) is 29.2 Å². The van der Waals surface area contributed by atoms with Gasteiger partial charge in [-0.05, 0) is 53.6 Å². The average molecular weight is 365 g/mol. The highest BCUT2D eigenvalue weighted by Crippen LogP contribution is 2.36. The molecule has 1 aliphatic rings. The lowest BCUT2D eigenvalue weighted by Crippen LogP contribution is -2.13. The number of anilines is 1. The topological polar surface area (TPSA) is 91.2 Å². The molecule has 138 valence electrons. The number of carbonyl (C=O) groups excluding carboxylic acids is 1. The number of nitrogens with one attached hydrogen (secondary N) is 1. The van der Waals surface area contributed by atoms with E-state index in [4.69, 9.17) is 9.47 Å². The Kier molecular flexibility index (Phi) is 4.45. The van der Waals surface area contributed by atoms with E-state index in [1.807, 2.05) is 28.9 Å². The lowest BCUT2D eigenvalue weighted by molar-refractivity contribution is 0.102. The Hall–Kier alpha value is -3.42. The van der Waals surface area contributed by atoms with Gasteiger partial charge in [-0.15, -0.1) is 5.10 Å². The number of aromatic nitrogens is 4. The second-order valence-electron chi connectivity index (χ2n) is 6.28. The first-order valence-electron chi connectivity index (χ1n) is 8.61. The van der Waals surface area contributed by atoms with E-state index in [0.717, 1.165) is 18.4 Å². The van der Waals surface area contributed by atoms with Crippen molar-refractivity contribution in [3.63, 3.8) is 0 Å². The minimum Gasteiger partial charge on any atom is -0.497 e. The molecular formula is C19H19N5O3. The predicted molar refractivity (Wildman–Crippen MR) is 99.0 cm³/mol. The van der Waals surface area contributed by atoms with E-state index in [2.05, 4.69) is 20.8 Å². The summed E-state index contributed by atoms with van der Waals surface area (Å²) >= 11 is 0. The zero-order valence-electron chi connectivity index (χ0n) is 15.0. The van der Waals surface area contributed by atoms with Gasteiger partial charge in [0, 0.05) is 11.3 Å². The minimum atomic E-state index is -0.287. The van der Waals surface area contributed by atoms with Gasteiger partial charge in [-0.1, -0.05) is 12.1 Å². The first kappa shape index (κ1) is 17.0. The Bertz CT molecular complexity index is 981. The van der Waals surface area contributed by atoms with Crippen LogP contribution in [0.2, 0.25) is 0 Å². The van der Waals surface area contributed by atoms with Gasteiger partial charge in [-0.2, -0.15) is 0 Å². The molecule has 8 heteroatoms. The van der Waals surface area contributed by atoms with Gasteiger partial charge in [0.05, 0.1) is 25.8 Å². The van der Waals surface area contributed by atoms with Crippen LogP contribution in [0.5, 0.6) is 11.5 Å². The molecule has 0 radical (unpaired) electrons. The van der Waals surface area contributed by atoms with Gasteiger partial charge >= 0.3 is 0 Å². The number of ether oxygens (including phenoxy) is 2. The molecule has 4 rings (SSSR count). The van der Waals surface area contributed by atoms with Crippen LogP contribution in [-0.4, -0.2) is 40.3 Å². The SMILES string of the molecule is COc1ccc(OC)c(C(=O)Nc2cccc(-c3nnnn3C3CC3)c2)c1. The lowest BCUT2D eigenvalue weighted by atomic mass is 10.1. The van der Waals surface area contributed by atoms with E-state index >= 15 is 0 Å². The highest BCUT2D eigenvalue weighted by atomic mass is 16.5. The fourth-order valence-electron chi connectivity index (χ4n) is 2.87. The summed E-state index contributed by atoms with van der Waals surface area (Å²) in [7, 11) is 3.08. The van der Waals surface area contributed by atoms with E-state index in [1.54, 1.807) is 25.3 Å². The normalized spacial score (nSPS) is 13.3. The molecule has 1 N–H and O–H groups in total. The van der Waals surface area contributed by atoms with Crippen molar-refractivity contribution in [2.75, 3.05) is 19.5 Å². The summed E-state index contributed by atoms with van der Waals surface area (Å²) in [5.74, 6) is 1.47. The zero-order chi connectivity index (χ0) is 18.8. The van der Waals surface area contributed by atoms with E-state index < -0.39 is 0 Å². The third-order valence-corrected chi connectivity index (χ3v) is 4.42. The van der Waals surface area contributed by atoms with E-state index in [-0.39, 0.29) is 5.91 Å². The summed E-state index contributed by atoms with van der Waals surface area (Å²) in [5.41, 5.74) is 1.89. The lowest BCUT2D eigenvalue weighted by Gasteiger charge is -2.11. The maximum Gasteiger partial charge on any atom is 0.259 e. The van der Waals surface area contributed by atoms with Crippen LogP contribution in [0, 0.1) is 0 Å². The summed E-state index contributed by atoms with van der Waals surface area (Å²) in [6.07, 6.45) is 2.17. The fraction of sp³-hybridized carbons (Fsp3) is 0.263. The van der Waals surface area contributed by atoms with Crippen molar-refractivity contribution >= 4 is 11.6 Å². The number of tetrazole rings is 1. The van der Waals surface area contributed by atoms with E-state index in [1.165, 1.54) is 7.11 Å². The number of nitrogens with zero attached hydrogens (tertiary/aromatic N) is 4. The fourth-order valence-corrected chi connectivity index (χ4v) is 2.87. The first-order chi connectivity index (χ1) is 13.2. The molecule has 0 spiro atoms. The number of rotatable bonds is 6. The van der Waals surface area contributed by atoms with Gasteiger partial charge in [0.15, 0.2) is 5.82 Å². The van der Waals surface area contributed by atoms with Crippen LogP contribution in [0.15, 0.2) is 42.5 Å². The summed E-state index contributed by atoms with van der Waals surface area (Å²) in [4.78, 5) is 12.8. The molecule has 1 aromatic heterocycles. The van der Waals surface area contributed by atoms with Crippen LogP contribution in [0.3, 0.4) is 0 Å². The molecule has 2 aromatic carbocycles. The number of benzene rings is 2. The molecule has 0 atom stereocenters. The Morgan fingerprint density at radius 3 is 2.74 bits per heavy atom. The molecule has 1 saturated carbocycles. The molecule has 0 unspecified atom stereocenters. The second-order valence-corrected chi connectivity index (χ2v) is 6.28. The van der Waals surface area contributed by atoms with Crippen molar-refractivity contribution in [3.05, 3.63) is 48.0 Å². The van der Waals surface area contributed by atoms with Crippen molar-refractivity contribution in [3.8, 4) is 22.9 Å². The zero-order valence-corrected chi connectivity index (χ0v) is 15.0. The Morgan fingerprint density at radius 1 is 1.15 bits per heavy atom. The molecular weight excluding hydrogens is 346 g/mol. The third kappa shape index (κ3) is 3.46. The van der Waals surface area contributed by atoms with Crippen molar-refractivity contribution in [2.45, 2.75) is 18.9 Å². The van der Waals surface area contributed by atoms with E-state index in [0.29, 0.717) is 34.6 Å². The Morgan fingerprint density at radius 2 is 2.00 bits per heavy atom. The molecule has 0 aliphatic heterocycles. The van der Waals surface area contributed by atoms with Crippen LogP contribution in [0.4, 0.5) is 5.69 Å². The second kappa shape index (κ2) is 7.06. The van der Waals surface area contributed by atoms with Gasteiger partial charge < -0.3 is 14.8 Å². The molecule has 27 heavy (non-hydrogen) atoms. The van der Waals surface area contributed by atoms with Crippen molar-refractivity contribution in [1.29, 1.82) is 0 Å². The predicted octanol–water partition coefficient (Wildman–Crippen LogP) is 2.94. The first-order valence-corrected chi connectivity index (χ1v) is 8.61. The van der Waals surface area contributed by atoms with Gasteiger partial charge in [0.25, 0.3) is 5.91 Å². The maximum atomic E-state index is 12.8. The molecule has 0 saturated heterocycles. The van der Waals surface area contributed by atoms with Crippen LogP contribution < -0.4 is 14.8 Å². The number of hydrogen-bond acceptors (Lipinski definition) is 6. The highest BCUT2D eigenvalue weighted by molar-refractivity contribution is 6.06. The number of carbonyl (C=O) groups is 1. The third-order valence-electron chi connectivity index (χ3n) is 4.42. The smallest absolute Gasteiger partial charge is 0.259 e. The minimum absolute atomic E-state index is 0.287. The van der Waals surface area contributed by atoms with Gasteiger partial charge in [-0.3, -0.25) is 4.79 Å². The number of hydrogen-bond donors (Lipinski definition) is 1. The van der Waals surface area contributed by atoms with E-state index in [9.17, 15) is 4.79 Å². The van der Waals surface area contributed by atoms with Gasteiger partial charge in [0.1, 0.15) is 11.5 Å².